The Balaban J connectivity index is 0.00000220. The predicted octanol–water partition coefficient (Wildman–Crippen LogP) is 2.49. The standard InChI is InChI=1S/C14H19N5O.2ClH/c1-3-5-11(15)14(20)18-12-6-4-7-17-13(12)19-9-8-16-10(19)2;;/h4,6-9,11H,3,5,15H2,1-2H3,(H,18,20);2*1H. The largest absolute Gasteiger partial charge is 0.322 e. The second-order valence-electron chi connectivity index (χ2n) is 4.60. The van der Waals surface area contributed by atoms with Crippen LogP contribution in [0.15, 0.2) is 30.7 Å². The summed E-state index contributed by atoms with van der Waals surface area (Å²) in [6.07, 6.45) is 6.70. The van der Waals surface area contributed by atoms with Gasteiger partial charge in [0.2, 0.25) is 5.91 Å². The number of hydrogen-bond donors (Lipinski definition) is 2. The summed E-state index contributed by atoms with van der Waals surface area (Å²) in [5.41, 5.74) is 6.45. The predicted molar refractivity (Wildman–Crippen MR) is 92.1 cm³/mol. The van der Waals surface area contributed by atoms with Crippen molar-refractivity contribution in [3.63, 3.8) is 0 Å². The molecule has 1 amide bonds. The number of carbonyl (C=O) groups is 1. The lowest BCUT2D eigenvalue weighted by atomic mass is 10.1. The molecular formula is C14H21Cl2N5O. The molecule has 22 heavy (non-hydrogen) atoms. The Labute approximate surface area is 142 Å². The Morgan fingerprint density at radius 3 is 2.68 bits per heavy atom. The summed E-state index contributed by atoms with van der Waals surface area (Å²) in [4.78, 5) is 20.5. The molecule has 8 heteroatoms. The lowest BCUT2D eigenvalue weighted by Gasteiger charge is -2.14. The molecule has 6 nitrogen and oxygen atoms in total. The molecule has 122 valence electrons. The molecule has 0 radical (unpaired) electrons. The lowest BCUT2D eigenvalue weighted by molar-refractivity contribution is -0.117. The molecule has 1 atom stereocenters. The SMILES string of the molecule is CCCC(N)C(=O)Nc1cccnc1-n1ccnc1C.Cl.Cl. The van der Waals surface area contributed by atoms with Gasteiger partial charge in [-0.25, -0.2) is 9.97 Å². The Morgan fingerprint density at radius 2 is 2.09 bits per heavy atom. The van der Waals surface area contributed by atoms with Gasteiger partial charge in [-0.05, 0) is 25.5 Å². The molecule has 0 saturated heterocycles. The number of aromatic nitrogens is 3. The first-order valence-corrected chi connectivity index (χ1v) is 6.65. The van der Waals surface area contributed by atoms with E-state index in [1.807, 2.05) is 18.4 Å². The van der Waals surface area contributed by atoms with E-state index in [1.54, 1.807) is 30.7 Å². The van der Waals surface area contributed by atoms with Gasteiger partial charge in [-0.2, -0.15) is 0 Å². The molecule has 0 bridgehead atoms. The zero-order valence-electron chi connectivity index (χ0n) is 12.5. The second-order valence-corrected chi connectivity index (χ2v) is 4.60. The average Bonchev–Trinajstić information content (AvgIpc) is 2.86. The normalized spacial score (nSPS) is 11.0. The highest BCUT2D eigenvalue weighted by Gasteiger charge is 2.15. The number of aryl methyl sites for hydroxylation is 1. The topological polar surface area (TPSA) is 85.8 Å². The van der Waals surface area contributed by atoms with Crippen LogP contribution in [0.5, 0.6) is 0 Å². The molecule has 2 aromatic heterocycles. The van der Waals surface area contributed by atoms with Crippen LogP contribution in [-0.4, -0.2) is 26.5 Å². The minimum atomic E-state index is -0.503. The fourth-order valence-corrected chi connectivity index (χ4v) is 1.96. The molecule has 2 heterocycles. The zero-order valence-corrected chi connectivity index (χ0v) is 14.2. The highest BCUT2D eigenvalue weighted by molar-refractivity contribution is 5.96. The van der Waals surface area contributed by atoms with Crippen LogP contribution >= 0.6 is 24.8 Å². The average molecular weight is 346 g/mol. The van der Waals surface area contributed by atoms with Gasteiger partial charge < -0.3 is 11.1 Å². The number of pyridine rings is 1. The van der Waals surface area contributed by atoms with Gasteiger partial charge in [0.05, 0.1) is 11.7 Å². The fourth-order valence-electron chi connectivity index (χ4n) is 1.96. The van der Waals surface area contributed by atoms with Crippen molar-refractivity contribution in [1.29, 1.82) is 0 Å². The minimum absolute atomic E-state index is 0. The van der Waals surface area contributed by atoms with Crippen molar-refractivity contribution >= 4 is 36.4 Å². The van der Waals surface area contributed by atoms with E-state index in [0.29, 0.717) is 17.9 Å². The molecule has 0 aliphatic carbocycles. The number of carbonyl (C=O) groups excluding carboxylic acids is 1. The molecule has 2 aromatic rings. The maximum Gasteiger partial charge on any atom is 0.241 e. The van der Waals surface area contributed by atoms with Gasteiger partial charge in [-0.1, -0.05) is 13.3 Å². The van der Waals surface area contributed by atoms with Crippen LogP contribution in [0, 0.1) is 6.92 Å². The van der Waals surface area contributed by atoms with Crippen LogP contribution in [0.2, 0.25) is 0 Å². The molecule has 1 unspecified atom stereocenters. The van der Waals surface area contributed by atoms with E-state index in [0.717, 1.165) is 12.2 Å². The van der Waals surface area contributed by atoms with E-state index in [9.17, 15) is 4.79 Å². The van der Waals surface area contributed by atoms with E-state index < -0.39 is 6.04 Å². The molecule has 0 aliphatic heterocycles. The maximum atomic E-state index is 12.0. The summed E-state index contributed by atoms with van der Waals surface area (Å²) in [6, 6.07) is 3.08. The molecule has 0 spiro atoms. The first-order chi connectivity index (χ1) is 9.63. The summed E-state index contributed by atoms with van der Waals surface area (Å²) in [7, 11) is 0. The summed E-state index contributed by atoms with van der Waals surface area (Å²) in [6.45, 7) is 3.88. The van der Waals surface area contributed by atoms with Crippen molar-refractivity contribution < 1.29 is 4.79 Å². The van der Waals surface area contributed by atoms with Gasteiger partial charge in [-0.3, -0.25) is 9.36 Å². The number of hydrogen-bond acceptors (Lipinski definition) is 4. The van der Waals surface area contributed by atoms with E-state index >= 15 is 0 Å². The monoisotopic (exact) mass is 345 g/mol. The first kappa shape index (κ1) is 20.4. The molecule has 2 rings (SSSR count). The van der Waals surface area contributed by atoms with Gasteiger partial charge in [0.1, 0.15) is 5.82 Å². The smallest absolute Gasteiger partial charge is 0.241 e. The van der Waals surface area contributed by atoms with Gasteiger partial charge in [0, 0.05) is 18.6 Å². The van der Waals surface area contributed by atoms with E-state index in [2.05, 4.69) is 15.3 Å². The third kappa shape index (κ3) is 4.69. The third-order valence-electron chi connectivity index (χ3n) is 3.03. The van der Waals surface area contributed by atoms with Gasteiger partial charge in [-0.15, -0.1) is 24.8 Å². The number of nitrogens with two attached hydrogens (primary N) is 1. The quantitative estimate of drug-likeness (QED) is 0.871. The highest BCUT2D eigenvalue weighted by atomic mass is 35.5. The molecule has 0 aliphatic rings. The van der Waals surface area contributed by atoms with Gasteiger partial charge >= 0.3 is 0 Å². The number of amides is 1. The second kappa shape index (κ2) is 9.40. The van der Waals surface area contributed by atoms with E-state index in [1.165, 1.54) is 0 Å². The Kier molecular flexibility index (Phi) is 8.70. The Bertz CT molecular complexity index is 602. The number of nitrogens with one attached hydrogen (secondary N) is 1. The van der Waals surface area contributed by atoms with Crippen molar-refractivity contribution in [1.82, 2.24) is 14.5 Å². The van der Waals surface area contributed by atoms with Crippen LogP contribution in [0.25, 0.3) is 5.82 Å². The minimum Gasteiger partial charge on any atom is -0.322 e. The van der Waals surface area contributed by atoms with Crippen LogP contribution in [-0.2, 0) is 4.79 Å². The first-order valence-electron chi connectivity index (χ1n) is 6.65. The van der Waals surface area contributed by atoms with Crippen molar-refractivity contribution in [2.24, 2.45) is 5.73 Å². The van der Waals surface area contributed by atoms with Crippen LogP contribution < -0.4 is 11.1 Å². The van der Waals surface area contributed by atoms with Crippen LogP contribution in [0.4, 0.5) is 5.69 Å². The van der Waals surface area contributed by atoms with Crippen molar-refractivity contribution in [2.45, 2.75) is 32.7 Å². The third-order valence-corrected chi connectivity index (χ3v) is 3.03. The van der Waals surface area contributed by atoms with Crippen molar-refractivity contribution in [3.05, 3.63) is 36.5 Å². The van der Waals surface area contributed by atoms with E-state index in [4.69, 9.17) is 5.73 Å². The summed E-state index contributed by atoms with van der Waals surface area (Å²) >= 11 is 0. The molecule has 3 N–H and O–H groups in total. The number of rotatable bonds is 5. The van der Waals surface area contributed by atoms with E-state index in [-0.39, 0.29) is 30.7 Å². The zero-order chi connectivity index (χ0) is 14.5. The van der Waals surface area contributed by atoms with Gasteiger partial charge in [0.15, 0.2) is 5.82 Å². The number of halogens is 2. The van der Waals surface area contributed by atoms with Crippen LogP contribution in [0.3, 0.4) is 0 Å². The van der Waals surface area contributed by atoms with Crippen molar-refractivity contribution in [2.75, 3.05) is 5.32 Å². The molecular weight excluding hydrogens is 325 g/mol. The number of nitrogens with zero attached hydrogens (tertiary/aromatic N) is 3. The molecule has 0 aromatic carbocycles. The summed E-state index contributed by atoms with van der Waals surface area (Å²) in [5.74, 6) is 1.25. The Hall–Kier alpha value is -1.63. The van der Waals surface area contributed by atoms with Crippen molar-refractivity contribution in [3.8, 4) is 5.82 Å². The number of anilines is 1. The maximum absolute atomic E-state index is 12.0. The highest BCUT2D eigenvalue weighted by Crippen LogP contribution is 2.18. The fraction of sp³-hybridized carbons (Fsp3) is 0.357. The van der Waals surface area contributed by atoms with Gasteiger partial charge in [0.25, 0.3) is 0 Å². The number of imidazole rings is 1. The van der Waals surface area contributed by atoms with Crippen LogP contribution in [0.1, 0.15) is 25.6 Å². The molecule has 0 saturated carbocycles. The summed E-state index contributed by atoms with van der Waals surface area (Å²) < 4.78 is 1.82. The Morgan fingerprint density at radius 1 is 1.36 bits per heavy atom. The lowest BCUT2D eigenvalue weighted by Crippen LogP contribution is -2.35. The molecule has 0 fully saturated rings. The summed E-state index contributed by atoms with van der Waals surface area (Å²) in [5, 5.41) is 2.84.